The van der Waals surface area contributed by atoms with E-state index >= 15 is 0 Å². The molecule has 0 unspecified atom stereocenters. The number of aromatic nitrogens is 1. The third kappa shape index (κ3) is 2.96. The summed E-state index contributed by atoms with van der Waals surface area (Å²) in [5.41, 5.74) is -0.174. The molecule has 1 aliphatic carbocycles. The Balaban J connectivity index is 2.40. The predicted octanol–water partition coefficient (Wildman–Crippen LogP) is 2.71. The lowest BCUT2D eigenvalue weighted by molar-refractivity contribution is -0.385. The van der Waals surface area contributed by atoms with Crippen molar-refractivity contribution in [2.75, 3.05) is 0 Å². The summed E-state index contributed by atoms with van der Waals surface area (Å²) < 4.78 is 38.3. The Bertz CT molecular complexity index is 557. The zero-order valence-corrected chi connectivity index (χ0v) is 10.2. The Labute approximate surface area is 111 Å². The second kappa shape index (κ2) is 5.20. The molecule has 0 saturated heterocycles. The van der Waals surface area contributed by atoms with Gasteiger partial charge >= 0.3 is 6.18 Å². The van der Waals surface area contributed by atoms with E-state index in [4.69, 9.17) is 0 Å². The van der Waals surface area contributed by atoms with Crippen molar-refractivity contribution in [1.29, 1.82) is 0 Å². The molecular formula is C12H11F3N2O3. The molecule has 108 valence electrons. The van der Waals surface area contributed by atoms with Gasteiger partial charge in [0.2, 0.25) is 0 Å². The normalized spacial score (nSPS) is 23.3. The van der Waals surface area contributed by atoms with Crippen LogP contribution in [0.5, 0.6) is 0 Å². The van der Waals surface area contributed by atoms with Gasteiger partial charge in [0.1, 0.15) is 6.20 Å². The van der Waals surface area contributed by atoms with E-state index in [1.54, 1.807) is 0 Å². The minimum absolute atomic E-state index is 0.0676. The minimum Gasteiger partial charge on any atom is -0.389 e. The average molecular weight is 288 g/mol. The molecular weight excluding hydrogens is 277 g/mol. The molecule has 0 bridgehead atoms. The van der Waals surface area contributed by atoms with E-state index in [2.05, 4.69) is 4.98 Å². The molecule has 1 aromatic rings. The molecule has 8 heteroatoms. The molecule has 1 N–H and O–H groups in total. The lowest BCUT2D eigenvalue weighted by atomic mass is 9.83. The van der Waals surface area contributed by atoms with Gasteiger partial charge in [-0.3, -0.25) is 15.1 Å². The summed E-state index contributed by atoms with van der Waals surface area (Å²) in [7, 11) is 0. The molecule has 2 atom stereocenters. The van der Waals surface area contributed by atoms with Crippen molar-refractivity contribution in [3.63, 3.8) is 0 Å². The Hall–Kier alpha value is -1.96. The zero-order valence-electron chi connectivity index (χ0n) is 10.2. The molecule has 0 saturated carbocycles. The fourth-order valence-corrected chi connectivity index (χ4v) is 2.26. The van der Waals surface area contributed by atoms with Crippen LogP contribution in [0.1, 0.15) is 18.4 Å². The first-order chi connectivity index (χ1) is 9.29. The fourth-order valence-electron chi connectivity index (χ4n) is 2.26. The summed E-state index contributed by atoms with van der Waals surface area (Å²) in [6.07, 6.45) is -3.02. The molecule has 0 spiro atoms. The van der Waals surface area contributed by atoms with Crippen molar-refractivity contribution in [3.05, 3.63) is 40.2 Å². The second-order valence-electron chi connectivity index (χ2n) is 4.59. The van der Waals surface area contributed by atoms with E-state index in [0.717, 1.165) is 6.20 Å². The largest absolute Gasteiger partial charge is 0.392 e. The number of hydrogen-bond acceptors (Lipinski definition) is 4. The maximum Gasteiger partial charge on any atom is 0.392 e. The number of rotatable bonds is 2. The highest BCUT2D eigenvalue weighted by Crippen LogP contribution is 2.42. The van der Waals surface area contributed by atoms with Gasteiger partial charge in [-0.2, -0.15) is 13.2 Å². The van der Waals surface area contributed by atoms with Gasteiger partial charge in [0.05, 0.1) is 22.5 Å². The van der Waals surface area contributed by atoms with Gasteiger partial charge < -0.3 is 5.11 Å². The van der Waals surface area contributed by atoms with Crippen LogP contribution >= 0.6 is 0 Å². The molecule has 0 fully saturated rings. The van der Waals surface area contributed by atoms with Crippen LogP contribution < -0.4 is 0 Å². The van der Waals surface area contributed by atoms with E-state index in [1.165, 1.54) is 18.3 Å². The minimum atomic E-state index is -4.44. The van der Waals surface area contributed by atoms with E-state index in [9.17, 15) is 28.4 Å². The average Bonchev–Trinajstić information content (AvgIpc) is 2.37. The molecule has 1 aromatic heterocycles. The summed E-state index contributed by atoms with van der Waals surface area (Å²) in [4.78, 5) is 13.8. The maximum absolute atomic E-state index is 12.8. The van der Waals surface area contributed by atoms with Crippen molar-refractivity contribution >= 4 is 11.3 Å². The van der Waals surface area contributed by atoms with Gasteiger partial charge in [0.25, 0.3) is 5.69 Å². The second-order valence-corrected chi connectivity index (χ2v) is 4.59. The third-order valence-electron chi connectivity index (χ3n) is 3.19. The molecule has 0 aromatic carbocycles. The van der Waals surface area contributed by atoms with Gasteiger partial charge in [-0.25, -0.2) is 0 Å². The number of aliphatic hydroxyl groups excluding tert-OH is 1. The Morgan fingerprint density at radius 2 is 2.15 bits per heavy atom. The van der Waals surface area contributed by atoms with Crippen molar-refractivity contribution in [2.45, 2.75) is 25.1 Å². The Morgan fingerprint density at radius 1 is 1.45 bits per heavy atom. The van der Waals surface area contributed by atoms with Crippen molar-refractivity contribution < 1.29 is 23.2 Å². The third-order valence-corrected chi connectivity index (χ3v) is 3.19. The number of alkyl halides is 3. The van der Waals surface area contributed by atoms with Gasteiger partial charge in [0.15, 0.2) is 0 Å². The summed E-state index contributed by atoms with van der Waals surface area (Å²) in [6.45, 7) is 0. The highest BCUT2D eigenvalue weighted by Gasteiger charge is 2.43. The predicted molar refractivity (Wildman–Crippen MR) is 63.7 cm³/mol. The molecule has 0 amide bonds. The van der Waals surface area contributed by atoms with Crippen molar-refractivity contribution in [3.8, 4) is 0 Å². The van der Waals surface area contributed by atoms with Gasteiger partial charge in [-0.1, -0.05) is 6.08 Å². The van der Waals surface area contributed by atoms with E-state index in [0.29, 0.717) is 0 Å². The van der Waals surface area contributed by atoms with Gasteiger partial charge in [-0.05, 0) is 24.5 Å². The van der Waals surface area contributed by atoms with E-state index < -0.39 is 29.5 Å². The number of aliphatic hydroxyl groups is 1. The van der Waals surface area contributed by atoms with E-state index in [-0.39, 0.29) is 23.2 Å². The van der Waals surface area contributed by atoms with Crippen LogP contribution in [0.2, 0.25) is 0 Å². The quantitative estimate of drug-likeness (QED) is 0.670. The highest BCUT2D eigenvalue weighted by molar-refractivity contribution is 5.73. The first-order valence-corrected chi connectivity index (χ1v) is 5.83. The smallest absolute Gasteiger partial charge is 0.389 e. The van der Waals surface area contributed by atoms with Crippen molar-refractivity contribution in [1.82, 2.24) is 4.98 Å². The number of halogens is 3. The Morgan fingerprint density at radius 3 is 2.75 bits per heavy atom. The number of pyridine rings is 1. The van der Waals surface area contributed by atoms with Crippen LogP contribution in [-0.4, -0.2) is 27.3 Å². The summed E-state index contributed by atoms with van der Waals surface area (Å²) in [5.74, 6) is -1.70. The molecule has 20 heavy (non-hydrogen) atoms. The number of nitrogens with zero attached hydrogens (tertiary/aromatic N) is 2. The fraction of sp³-hybridized carbons (Fsp3) is 0.417. The molecule has 5 nitrogen and oxygen atoms in total. The lowest BCUT2D eigenvalue weighted by Crippen LogP contribution is -2.30. The SMILES string of the molecule is O=[N+]([O-])c1cnccc1C1=C[C@H](O)C[C@H](C(F)(F)F)C1. The van der Waals surface area contributed by atoms with Crippen LogP contribution in [0, 0.1) is 16.0 Å². The van der Waals surface area contributed by atoms with Crippen LogP contribution in [-0.2, 0) is 0 Å². The number of nitro groups is 1. The first-order valence-electron chi connectivity index (χ1n) is 5.83. The van der Waals surface area contributed by atoms with Crippen LogP contribution in [0.25, 0.3) is 5.57 Å². The van der Waals surface area contributed by atoms with Crippen LogP contribution in [0.15, 0.2) is 24.5 Å². The highest BCUT2D eigenvalue weighted by atomic mass is 19.4. The zero-order chi connectivity index (χ0) is 14.9. The first kappa shape index (κ1) is 14.4. The standard InChI is InChI=1S/C12H11F3N2O3/c13-12(14,15)8-3-7(4-9(18)5-8)10-1-2-16-6-11(10)17(19)20/h1-2,4,6,8-9,18H,3,5H2/t8-,9+/m1/s1. The van der Waals surface area contributed by atoms with Crippen molar-refractivity contribution in [2.24, 2.45) is 5.92 Å². The maximum atomic E-state index is 12.8. The topological polar surface area (TPSA) is 76.3 Å². The summed E-state index contributed by atoms with van der Waals surface area (Å²) in [5, 5.41) is 20.4. The van der Waals surface area contributed by atoms with Gasteiger partial charge in [0, 0.05) is 6.20 Å². The molecule has 2 rings (SSSR count). The number of allylic oxidation sites excluding steroid dienone is 1. The van der Waals surface area contributed by atoms with Gasteiger partial charge in [-0.15, -0.1) is 0 Å². The van der Waals surface area contributed by atoms with E-state index in [1.807, 2.05) is 0 Å². The van der Waals surface area contributed by atoms with Crippen LogP contribution in [0.4, 0.5) is 18.9 Å². The summed E-state index contributed by atoms with van der Waals surface area (Å²) >= 11 is 0. The monoisotopic (exact) mass is 288 g/mol. The number of hydrogen-bond donors (Lipinski definition) is 1. The molecule has 1 aliphatic rings. The molecule has 0 radical (unpaired) electrons. The summed E-state index contributed by atoms with van der Waals surface area (Å²) in [6, 6.07) is 1.29. The molecule has 0 aliphatic heterocycles. The lowest BCUT2D eigenvalue weighted by Gasteiger charge is -2.27. The Kier molecular flexibility index (Phi) is 3.76. The molecule has 1 heterocycles. The van der Waals surface area contributed by atoms with Crippen LogP contribution in [0.3, 0.4) is 0 Å².